The number of carboxylic acid groups (broad SMARTS) is 1. The molecule has 0 bridgehead atoms. The van der Waals surface area contributed by atoms with Gasteiger partial charge < -0.3 is 34.6 Å². The Morgan fingerprint density at radius 1 is 1.17 bits per heavy atom. The molecule has 2 rings (SSSR count). The number of hydrogen-bond acceptors (Lipinski definition) is 6. The van der Waals surface area contributed by atoms with E-state index in [1.54, 1.807) is 6.08 Å². The zero-order valence-electron chi connectivity index (χ0n) is 22.0. The molecule has 0 aromatic rings. The summed E-state index contributed by atoms with van der Waals surface area (Å²) in [7, 11) is 2.95. The van der Waals surface area contributed by atoms with Crippen molar-refractivity contribution in [1.82, 2.24) is 10.2 Å². The fourth-order valence-corrected chi connectivity index (χ4v) is 3.72. The van der Waals surface area contributed by atoms with Crippen molar-refractivity contribution in [3.05, 3.63) is 36.0 Å². The maximum absolute atomic E-state index is 11.7. The predicted octanol–water partition coefficient (Wildman–Crippen LogP) is 3.50. The maximum atomic E-state index is 11.7. The van der Waals surface area contributed by atoms with Crippen LogP contribution in [-0.4, -0.2) is 85.1 Å². The van der Waals surface area contributed by atoms with Gasteiger partial charge in [0.1, 0.15) is 0 Å². The highest BCUT2D eigenvalue weighted by Gasteiger charge is 2.33. The van der Waals surface area contributed by atoms with Crippen LogP contribution < -0.4 is 5.32 Å². The van der Waals surface area contributed by atoms with E-state index in [-0.39, 0.29) is 42.5 Å². The van der Waals surface area contributed by atoms with Crippen molar-refractivity contribution in [2.75, 3.05) is 33.9 Å². The van der Waals surface area contributed by atoms with Crippen LogP contribution in [0, 0.1) is 5.92 Å². The molecular formula is C26H44N2O7. The average molecular weight is 497 g/mol. The Kier molecular flexibility index (Phi) is 13.9. The normalized spacial score (nSPS) is 26.8. The first-order chi connectivity index (χ1) is 16.5. The van der Waals surface area contributed by atoms with Gasteiger partial charge >= 0.3 is 6.09 Å². The van der Waals surface area contributed by atoms with Crippen molar-refractivity contribution in [2.45, 2.75) is 77.4 Å². The summed E-state index contributed by atoms with van der Waals surface area (Å²) in [4.78, 5) is 22.4. The molecule has 3 N–H and O–H groups in total. The molecule has 2 fully saturated rings. The summed E-state index contributed by atoms with van der Waals surface area (Å²) in [5.41, 5.74) is 0.908. The molecule has 9 nitrogen and oxygen atoms in total. The quantitative estimate of drug-likeness (QED) is 0.348. The minimum Gasteiger partial charge on any atom is -0.465 e. The minimum absolute atomic E-state index is 0.0209. The number of allylic oxidation sites excluding steroid dienone is 3. The van der Waals surface area contributed by atoms with Gasteiger partial charge in [-0.05, 0) is 52.0 Å². The van der Waals surface area contributed by atoms with Gasteiger partial charge in [0.2, 0.25) is 5.91 Å². The Balaban J connectivity index is 0.000000905. The van der Waals surface area contributed by atoms with Crippen LogP contribution in [0.25, 0.3) is 0 Å². The first-order valence-corrected chi connectivity index (χ1v) is 12.2. The lowest BCUT2D eigenvalue weighted by Gasteiger charge is -2.39. The molecule has 0 saturated carbocycles. The number of nitrogens with one attached hydrogen (secondary N) is 1. The van der Waals surface area contributed by atoms with Crippen LogP contribution in [0.4, 0.5) is 4.79 Å². The molecule has 2 heterocycles. The molecule has 2 saturated heterocycles. The highest BCUT2D eigenvalue weighted by molar-refractivity contribution is 5.87. The van der Waals surface area contributed by atoms with E-state index in [0.29, 0.717) is 19.6 Å². The molecular weight excluding hydrogens is 452 g/mol. The Morgan fingerprint density at radius 2 is 1.80 bits per heavy atom. The van der Waals surface area contributed by atoms with Crippen LogP contribution in [-0.2, 0) is 19.0 Å². The third-order valence-corrected chi connectivity index (χ3v) is 5.48. The number of carbonyl (C=O) groups is 2. The Hall–Kier alpha value is -2.20. The summed E-state index contributed by atoms with van der Waals surface area (Å²) in [6, 6.07) is -0.114. The molecule has 9 heteroatoms. The van der Waals surface area contributed by atoms with Crippen LogP contribution in [0.2, 0.25) is 0 Å². The Bertz CT molecular complexity index is 738. The van der Waals surface area contributed by atoms with Crippen molar-refractivity contribution in [2.24, 2.45) is 5.92 Å². The van der Waals surface area contributed by atoms with Crippen LogP contribution in [0.3, 0.4) is 0 Å². The van der Waals surface area contributed by atoms with E-state index in [1.807, 2.05) is 19.9 Å². The van der Waals surface area contributed by atoms with Gasteiger partial charge in [-0.2, -0.15) is 0 Å². The number of rotatable bonds is 8. The van der Waals surface area contributed by atoms with Crippen LogP contribution >= 0.6 is 0 Å². The minimum atomic E-state index is -0.907. The number of aliphatic hydroxyl groups is 1. The lowest BCUT2D eigenvalue weighted by molar-refractivity contribution is -0.187. The number of ether oxygens (including phenoxy) is 3. The first kappa shape index (κ1) is 30.8. The monoisotopic (exact) mass is 496 g/mol. The van der Waals surface area contributed by atoms with Gasteiger partial charge in [-0.25, -0.2) is 4.79 Å². The van der Waals surface area contributed by atoms with Gasteiger partial charge in [-0.1, -0.05) is 36.8 Å². The number of amides is 2. The molecule has 2 aliphatic rings. The third kappa shape index (κ3) is 13.5. The standard InChI is InChI=1S/C23H37NO5.C3H7NO2/c1-5-6-7-21(26)24-19-15-27-22(28-16-19)11-9-17(2)8-10-20-12-18(14-25)13-23(3,4)29-20;1-4(2)3(5)6/h6-10,18-20,22,25H,5,11-16H2,1-4H3,(H,24,26);1-2H3,(H,5,6)/b7-6-,10-8+,17-9+;. The lowest BCUT2D eigenvalue weighted by atomic mass is 9.86. The Labute approximate surface area is 209 Å². The summed E-state index contributed by atoms with van der Waals surface area (Å²) in [6.45, 7) is 9.29. The summed E-state index contributed by atoms with van der Waals surface area (Å²) >= 11 is 0. The van der Waals surface area contributed by atoms with Crippen LogP contribution in [0.15, 0.2) is 36.0 Å². The smallest absolute Gasteiger partial charge is 0.406 e. The van der Waals surface area contributed by atoms with E-state index in [0.717, 1.165) is 29.7 Å². The lowest BCUT2D eigenvalue weighted by Crippen LogP contribution is -2.46. The van der Waals surface area contributed by atoms with E-state index < -0.39 is 6.09 Å². The second kappa shape index (κ2) is 15.7. The molecule has 0 spiro atoms. The summed E-state index contributed by atoms with van der Waals surface area (Å²) in [6.07, 6.45) is 11.6. The summed E-state index contributed by atoms with van der Waals surface area (Å²) < 4.78 is 17.5. The molecule has 2 aliphatic heterocycles. The van der Waals surface area contributed by atoms with Gasteiger partial charge in [-0.15, -0.1) is 0 Å². The van der Waals surface area contributed by atoms with Crippen molar-refractivity contribution in [3.63, 3.8) is 0 Å². The number of aliphatic hydroxyl groups excluding tert-OH is 1. The maximum Gasteiger partial charge on any atom is 0.406 e. The van der Waals surface area contributed by atoms with E-state index in [2.05, 4.69) is 37.4 Å². The number of hydrogen-bond donors (Lipinski definition) is 3. The molecule has 2 amide bonds. The third-order valence-electron chi connectivity index (χ3n) is 5.48. The molecule has 0 aliphatic carbocycles. The number of carbonyl (C=O) groups excluding carboxylic acids is 1. The van der Waals surface area contributed by atoms with Gasteiger partial charge in [0, 0.05) is 27.1 Å². The van der Waals surface area contributed by atoms with E-state index >= 15 is 0 Å². The largest absolute Gasteiger partial charge is 0.465 e. The second-order valence-corrected chi connectivity index (χ2v) is 9.74. The van der Waals surface area contributed by atoms with E-state index in [9.17, 15) is 14.7 Å². The fraction of sp³-hybridized carbons (Fsp3) is 0.692. The van der Waals surface area contributed by atoms with E-state index in [1.165, 1.54) is 14.1 Å². The fourth-order valence-electron chi connectivity index (χ4n) is 3.72. The highest BCUT2D eigenvalue weighted by Crippen LogP contribution is 2.32. The van der Waals surface area contributed by atoms with Crippen molar-refractivity contribution in [1.29, 1.82) is 0 Å². The topological polar surface area (TPSA) is 118 Å². The van der Waals surface area contributed by atoms with Gasteiger partial charge in [0.25, 0.3) is 0 Å². The van der Waals surface area contributed by atoms with Crippen LogP contribution in [0.1, 0.15) is 53.4 Å². The molecule has 0 aromatic heterocycles. The zero-order chi connectivity index (χ0) is 26.4. The van der Waals surface area contributed by atoms with Crippen molar-refractivity contribution >= 4 is 12.0 Å². The highest BCUT2D eigenvalue weighted by atomic mass is 16.7. The van der Waals surface area contributed by atoms with Crippen molar-refractivity contribution < 1.29 is 34.0 Å². The van der Waals surface area contributed by atoms with Gasteiger partial charge in [0.15, 0.2) is 6.29 Å². The van der Waals surface area contributed by atoms with E-state index in [4.69, 9.17) is 19.3 Å². The SMILES string of the molecule is CC/C=C\C(=O)NC1COC(C/C=C(C)/C=C/C2CC(CO)CC(C)(C)O2)OC1.CN(C)C(=O)O. The Morgan fingerprint density at radius 3 is 2.34 bits per heavy atom. The molecule has 2 atom stereocenters. The molecule has 200 valence electrons. The van der Waals surface area contributed by atoms with Gasteiger partial charge in [0.05, 0.1) is 31.0 Å². The first-order valence-electron chi connectivity index (χ1n) is 12.2. The summed E-state index contributed by atoms with van der Waals surface area (Å²) in [5.74, 6) is 0.174. The average Bonchev–Trinajstić information content (AvgIpc) is 2.80. The zero-order valence-corrected chi connectivity index (χ0v) is 22.0. The molecule has 35 heavy (non-hydrogen) atoms. The number of nitrogens with zero attached hydrogens (tertiary/aromatic N) is 1. The molecule has 0 aromatic carbocycles. The van der Waals surface area contributed by atoms with Crippen LogP contribution in [0.5, 0.6) is 0 Å². The molecule has 0 radical (unpaired) electrons. The second-order valence-electron chi connectivity index (χ2n) is 9.74. The summed E-state index contributed by atoms with van der Waals surface area (Å²) in [5, 5.41) is 20.3. The predicted molar refractivity (Wildman–Crippen MR) is 135 cm³/mol. The molecule has 2 unspecified atom stereocenters. The van der Waals surface area contributed by atoms with Crippen molar-refractivity contribution in [3.8, 4) is 0 Å². The van der Waals surface area contributed by atoms with Gasteiger partial charge in [-0.3, -0.25) is 4.79 Å².